The molecule has 2 bridgehead atoms. The summed E-state index contributed by atoms with van der Waals surface area (Å²) in [7, 11) is 0. The van der Waals surface area contributed by atoms with Crippen LogP contribution in [-0.2, 0) is 9.59 Å². The molecule has 2 fully saturated rings. The van der Waals surface area contributed by atoms with Crippen molar-refractivity contribution < 1.29 is 14.7 Å². The van der Waals surface area contributed by atoms with Crippen molar-refractivity contribution in [1.82, 2.24) is 0 Å². The van der Waals surface area contributed by atoms with E-state index in [0.717, 1.165) is 18.4 Å². The number of fused-ring (bicyclic) bond motifs is 2. The van der Waals surface area contributed by atoms with Gasteiger partial charge >= 0.3 is 5.97 Å². The second kappa shape index (κ2) is 4.71. The topological polar surface area (TPSA) is 54.4 Å². The Kier molecular flexibility index (Phi) is 3.60. The van der Waals surface area contributed by atoms with Crippen molar-refractivity contribution in [2.75, 3.05) is 0 Å². The third-order valence-electron chi connectivity index (χ3n) is 5.79. The fourth-order valence-electron chi connectivity index (χ4n) is 4.08. The number of carboxylic acid groups (broad SMARTS) is 1. The van der Waals surface area contributed by atoms with Crippen molar-refractivity contribution in [3.63, 3.8) is 0 Å². The zero-order chi connectivity index (χ0) is 15.3. The third kappa shape index (κ3) is 2.02. The van der Waals surface area contributed by atoms with Gasteiger partial charge in [-0.1, -0.05) is 40.7 Å². The Morgan fingerprint density at radius 1 is 1.40 bits per heavy atom. The van der Waals surface area contributed by atoms with E-state index in [4.69, 9.17) is 0 Å². The smallest absolute Gasteiger partial charge is 0.310 e. The first-order chi connectivity index (χ1) is 9.11. The number of carboxylic acids is 1. The number of aliphatic carboxylic acids is 1. The maximum Gasteiger partial charge on any atom is 0.310 e. The van der Waals surface area contributed by atoms with Crippen molar-refractivity contribution in [3.8, 4) is 0 Å². The number of carbonyl (C=O) groups excluding carboxylic acids is 1. The number of carbonyl (C=O) groups is 2. The van der Waals surface area contributed by atoms with E-state index in [9.17, 15) is 14.7 Å². The molecular formula is C17H26O3. The van der Waals surface area contributed by atoms with Gasteiger partial charge in [0.15, 0.2) is 5.78 Å². The first kappa shape index (κ1) is 15.3. The Hall–Kier alpha value is -1.12. The average Bonchev–Trinajstić information content (AvgIpc) is 2.62. The van der Waals surface area contributed by atoms with Gasteiger partial charge < -0.3 is 5.11 Å². The minimum absolute atomic E-state index is 0.0448. The maximum absolute atomic E-state index is 12.7. The number of Topliss-reactive ketones (excluding diaryl/α,β-unsaturated/α-hetero) is 1. The highest BCUT2D eigenvalue weighted by molar-refractivity contribution is 6.05. The van der Waals surface area contributed by atoms with Gasteiger partial charge in [-0.05, 0) is 42.1 Å². The highest BCUT2D eigenvalue weighted by Crippen LogP contribution is 2.65. The molecule has 20 heavy (non-hydrogen) atoms. The van der Waals surface area contributed by atoms with Crippen LogP contribution < -0.4 is 0 Å². The molecule has 1 N–H and O–H groups in total. The summed E-state index contributed by atoms with van der Waals surface area (Å²) in [6.07, 6.45) is 4.30. The molecule has 112 valence electrons. The van der Waals surface area contributed by atoms with Crippen LogP contribution in [0.15, 0.2) is 11.6 Å². The lowest BCUT2D eigenvalue weighted by molar-refractivity contribution is -0.140. The number of rotatable bonds is 4. The van der Waals surface area contributed by atoms with Gasteiger partial charge in [0.25, 0.3) is 0 Å². The Balaban J connectivity index is 2.36. The van der Waals surface area contributed by atoms with Crippen LogP contribution in [0.25, 0.3) is 0 Å². The molecule has 0 amide bonds. The molecule has 2 saturated carbocycles. The molecule has 2 aliphatic carbocycles. The highest BCUT2D eigenvalue weighted by Gasteiger charge is 2.63. The largest absolute Gasteiger partial charge is 0.481 e. The summed E-state index contributed by atoms with van der Waals surface area (Å²) in [5.41, 5.74) is 0.443. The molecule has 0 aromatic carbocycles. The Bertz CT molecular complexity index is 473. The average molecular weight is 278 g/mol. The van der Waals surface area contributed by atoms with Crippen LogP contribution in [-0.4, -0.2) is 16.9 Å². The van der Waals surface area contributed by atoms with E-state index in [-0.39, 0.29) is 22.5 Å². The van der Waals surface area contributed by atoms with Crippen molar-refractivity contribution in [2.24, 2.45) is 28.6 Å². The molecule has 2 rings (SSSR count). The fourth-order valence-corrected chi connectivity index (χ4v) is 4.08. The van der Waals surface area contributed by atoms with Crippen molar-refractivity contribution >= 4 is 11.8 Å². The molecule has 0 saturated heterocycles. The molecular weight excluding hydrogens is 252 g/mol. The standard InChI is InChI=1S/C17H26O3/c1-10(2)8-11(15(19)20)9-12-13-6-7-17(5,14(12)18)16(13,3)4/h9-11,13H,6-8H2,1-5H3,(H,19,20)/b12-9-/t11-,13+,17+/m0/s1. The predicted molar refractivity (Wildman–Crippen MR) is 78.3 cm³/mol. The molecule has 0 aliphatic heterocycles. The summed E-state index contributed by atoms with van der Waals surface area (Å²) < 4.78 is 0. The van der Waals surface area contributed by atoms with E-state index < -0.39 is 11.9 Å². The Morgan fingerprint density at radius 2 is 2.00 bits per heavy atom. The summed E-state index contributed by atoms with van der Waals surface area (Å²) >= 11 is 0. The highest BCUT2D eigenvalue weighted by atomic mass is 16.4. The fraction of sp³-hybridized carbons (Fsp3) is 0.765. The summed E-state index contributed by atoms with van der Waals surface area (Å²) in [5.74, 6) is -0.620. The van der Waals surface area contributed by atoms with Crippen LogP contribution in [0.2, 0.25) is 0 Å². The second-order valence-corrected chi connectivity index (χ2v) is 7.67. The van der Waals surface area contributed by atoms with Crippen LogP contribution in [0, 0.1) is 28.6 Å². The van der Waals surface area contributed by atoms with Crippen LogP contribution in [0.1, 0.15) is 53.9 Å². The normalized spacial score (nSPS) is 35.0. The molecule has 0 aromatic heterocycles. The molecule has 0 heterocycles. The van der Waals surface area contributed by atoms with E-state index in [2.05, 4.69) is 13.8 Å². The van der Waals surface area contributed by atoms with Gasteiger partial charge in [-0.25, -0.2) is 0 Å². The van der Waals surface area contributed by atoms with Gasteiger partial charge in [-0.15, -0.1) is 0 Å². The van der Waals surface area contributed by atoms with Crippen LogP contribution in [0.4, 0.5) is 0 Å². The second-order valence-electron chi connectivity index (χ2n) is 7.67. The van der Waals surface area contributed by atoms with Gasteiger partial charge in [0.1, 0.15) is 0 Å². The van der Waals surface area contributed by atoms with Crippen LogP contribution >= 0.6 is 0 Å². The van der Waals surface area contributed by atoms with Gasteiger partial charge in [0.05, 0.1) is 5.92 Å². The molecule has 0 spiro atoms. The SMILES string of the molecule is CC(C)C[C@@H](/C=C1\C(=O)[C@@]2(C)CC[C@H]1C2(C)C)C(=O)O. The maximum atomic E-state index is 12.7. The molecule has 3 nitrogen and oxygen atoms in total. The van der Waals surface area contributed by atoms with Gasteiger partial charge in [0, 0.05) is 5.41 Å². The molecule has 0 aromatic rings. The van der Waals surface area contributed by atoms with Crippen molar-refractivity contribution in [1.29, 1.82) is 0 Å². The third-order valence-corrected chi connectivity index (χ3v) is 5.79. The lowest BCUT2D eigenvalue weighted by Gasteiger charge is -2.31. The van der Waals surface area contributed by atoms with E-state index in [1.165, 1.54) is 0 Å². The predicted octanol–water partition coefficient (Wildman–Crippen LogP) is 3.68. The summed E-state index contributed by atoms with van der Waals surface area (Å²) in [6.45, 7) is 10.4. The van der Waals surface area contributed by atoms with Gasteiger partial charge in [-0.2, -0.15) is 0 Å². The number of allylic oxidation sites excluding steroid dienone is 1. The first-order valence-electron chi connectivity index (χ1n) is 7.60. The van der Waals surface area contributed by atoms with Crippen molar-refractivity contribution in [3.05, 3.63) is 11.6 Å². The minimum atomic E-state index is -0.815. The summed E-state index contributed by atoms with van der Waals surface area (Å²) in [4.78, 5) is 24.1. The van der Waals surface area contributed by atoms with Gasteiger partial charge in [-0.3, -0.25) is 9.59 Å². The van der Waals surface area contributed by atoms with Crippen LogP contribution in [0.5, 0.6) is 0 Å². The number of hydrogen-bond acceptors (Lipinski definition) is 2. The van der Waals surface area contributed by atoms with E-state index >= 15 is 0 Å². The number of ketones is 1. The minimum Gasteiger partial charge on any atom is -0.481 e. The lowest BCUT2D eigenvalue weighted by Crippen LogP contribution is -2.32. The lowest BCUT2D eigenvalue weighted by atomic mass is 9.70. The Labute approximate surface area is 121 Å². The monoisotopic (exact) mass is 278 g/mol. The molecule has 2 aliphatic rings. The summed E-state index contributed by atoms with van der Waals surface area (Å²) in [6, 6.07) is 0. The van der Waals surface area contributed by atoms with E-state index in [1.54, 1.807) is 6.08 Å². The first-order valence-corrected chi connectivity index (χ1v) is 7.60. The summed E-state index contributed by atoms with van der Waals surface area (Å²) in [5, 5.41) is 9.38. The van der Waals surface area contributed by atoms with E-state index in [1.807, 2.05) is 20.8 Å². The zero-order valence-electron chi connectivity index (χ0n) is 13.2. The Morgan fingerprint density at radius 3 is 2.40 bits per heavy atom. The quantitative estimate of drug-likeness (QED) is 0.798. The van der Waals surface area contributed by atoms with Crippen LogP contribution in [0.3, 0.4) is 0 Å². The molecule has 0 radical (unpaired) electrons. The molecule has 3 heteroatoms. The van der Waals surface area contributed by atoms with Crippen molar-refractivity contribution in [2.45, 2.75) is 53.9 Å². The zero-order valence-corrected chi connectivity index (χ0v) is 13.2. The van der Waals surface area contributed by atoms with Gasteiger partial charge in [0.2, 0.25) is 0 Å². The van der Waals surface area contributed by atoms with E-state index in [0.29, 0.717) is 12.3 Å². The number of hydrogen-bond donors (Lipinski definition) is 1. The molecule has 0 unspecified atom stereocenters. The molecule has 3 atom stereocenters.